The summed E-state index contributed by atoms with van der Waals surface area (Å²) < 4.78 is 5.71. The number of hydrogen-bond donors (Lipinski definition) is 2. The summed E-state index contributed by atoms with van der Waals surface area (Å²) >= 11 is 0. The van der Waals surface area contributed by atoms with Crippen molar-refractivity contribution in [3.05, 3.63) is 66.1 Å². The van der Waals surface area contributed by atoms with Crippen molar-refractivity contribution in [1.82, 2.24) is 20.2 Å². The molecule has 0 saturated heterocycles. The first kappa shape index (κ1) is 21.3. The van der Waals surface area contributed by atoms with Crippen LogP contribution in [0, 0.1) is 12.8 Å². The molecule has 0 aliphatic heterocycles. The van der Waals surface area contributed by atoms with Crippen LogP contribution in [0.5, 0.6) is 0 Å². The van der Waals surface area contributed by atoms with Gasteiger partial charge in [-0.3, -0.25) is 15.1 Å². The highest BCUT2D eigenvalue weighted by atomic mass is 16.5. The maximum Gasteiger partial charge on any atom is 0.338 e. The van der Waals surface area contributed by atoms with Crippen LogP contribution in [0.25, 0.3) is 33.4 Å². The number of carbonyl (C=O) groups is 1. The number of H-pyrrole nitrogens is 1. The molecule has 3 aromatic heterocycles. The topological polar surface area (TPSA) is 107 Å². The summed E-state index contributed by atoms with van der Waals surface area (Å²) in [5.74, 6) is 0.0647. The SMILES string of the molecule is Cc1cccc(-c2[nH]ncc2-c2ccc3nccc(C(=O)OC[C@H]4CC[C@@H](N)CC4)c3c2)n1. The van der Waals surface area contributed by atoms with Crippen LogP contribution >= 0.6 is 0 Å². The van der Waals surface area contributed by atoms with Crippen LogP contribution in [-0.4, -0.2) is 38.8 Å². The van der Waals surface area contributed by atoms with Gasteiger partial charge in [-0.05, 0) is 74.4 Å². The summed E-state index contributed by atoms with van der Waals surface area (Å²) in [4.78, 5) is 22.0. The summed E-state index contributed by atoms with van der Waals surface area (Å²) in [7, 11) is 0. The van der Waals surface area contributed by atoms with Crippen molar-refractivity contribution in [2.24, 2.45) is 11.7 Å². The Balaban J connectivity index is 1.44. The molecule has 3 heterocycles. The van der Waals surface area contributed by atoms with Crippen LogP contribution in [-0.2, 0) is 4.74 Å². The number of esters is 1. The number of nitrogens with one attached hydrogen (secondary N) is 1. The van der Waals surface area contributed by atoms with E-state index in [2.05, 4.69) is 20.2 Å². The Hall–Kier alpha value is -3.58. The number of hydrogen-bond acceptors (Lipinski definition) is 6. The monoisotopic (exact) mass is 441 g/mol. The zero-order valence-corrected chi connectivity index (χ0v) is 18.6. The third-order valence-corrected chi connectivity index (χ3v) is 6.40. The molecule has 5 rings (SSSR count). The normalized spacial score (nSPS) is 18.4. The summed E-state index contributed by atoms with van der Waals surface area (Å²) in [6.07, 6.45) is 7.43. The van der Waals surface area contributed by atoms with Crippen LogP contribution < -0.4 is 5.73 Å². The van der Waals surface area contributed by atoms with Crippen molar-refractivity contribution in [2.75, 3.05) is 6.61 Å². The summed E-state index contributed by atoms with van der Waals surface area (Å²) in [6, 6.07) is 13.8. The molecule has 3 N–H and O–H groups in total. The first-order valence-corrected chi connectivity index (χ1v) is 11.4. The summed E-state index contributed by atoms with van der Waals surface area (Å²) in [5, 5.41) is 8.07. The molecule has 1 saturated carbocycles. The van der Waals surface area contributed by atoms with Gasteiger partial charge in [-0.2, -0.15) is 5.10 Å². The van der Waals surface area contributed by atoms with Crippen molar-refractivity contribution >= 4 is 16.9 Å². The number of rotatable bonds is 5. The highest BCUT2D eigenvalue weighted by Gasteiger charge is 2.21. The standard InChI is InChI=1S/C26H27N5O2/c1-16-3-2-4-24(30-16)25-22(14-29-31-25)18-7-10-23-21(13-18)20(11-12-28-23)26(32)33-15-17-5-8-19(27)9-6-17/h2-4,7,10-14,17,19H,5-6,8-9,15,27H2,1H3,(H,29,31)/t17-,19+. The zero-order valence-electron chi connectivity index (χ0n) is 18.6. The van der Waals surface area contributed by atoms with E-state index in [-0.39, 0.29) is 12.0 Å². The van der Waals surface area contributed by atoms with Gasteiger partial charge in [0.25, 0.3) is 0 Å². The van der Waals surface area contributed by atoms with Crippen LogP contribution in [0.1, 0.15) is 41.7 Å². The molecule has 0 atom stereocenters. The molecule has 168 valence electrons. The van der Waals surface area contributed by atoms with E-state index in [1.807, 2.05) is 43.3 Å². The van der Waals surface area contributed by atoms with E-state index in [1.54, 1.807) is 18.5 Å². The largest absolute Gasteiger partial charge is 0.462 e. The quantitative estimate of drug-likeness (QED) is 0.436. The molecule has 7 heteroatoms. The van der Waals surface area contributed by atoms with E-state index < -0.39 is 0 Å². The molecule has 1 aliphatic rings. The number of benzene rings is 1. The molecule has 0 unspecified atom stereocenters. The predicted octanol–water partition coefficient (Wildman–Crippen LogP) is 4.67. The second kappa shape index (κ2) is 9.11. The Morgan fingerprint density at radius 2 is 2.00 bits per heavy atom. The fourth-order valence-electron chi connectivity index (χ4n) is 4.50. The van der Waals surface area contributed by atoms with E-state index in [9.17, 15) is 4.79 Å². The van der Waals surface area contributed by atoms with Crippen LogP contribution in [0.2, 0.25) is 0 Å². The minimum atomic E-state index is -0.317. The smallest absolute Gasteiger partial charge is 0.338 e. The highest BCUT2D eigenvalue weighted by Crippen LogP contribution is 2.32. The van der Waals surface area contributed by atoms with Gasteiger partial charge >= 0.3 is 5.97 Å². The Kier molecular flexibility index (Phi) is 5.88. The Morgan fingerprint density at radius 1 is 1.15 bits per heavy atom. The van der Waals surface area contributed by atoms with E-state index in [4.69, 9.17) is 10.5 Å². The van der Waals surface area contributed by atoms with E-state index in [0.29, 0.717) is 18.1 Å². The van der Waals surface area contributed by atoms with E-state index in [0.717, 1.165) is 64.8 Å². The van der Waals surface area contributed by atoms with Gasteiger partial charge in [0, 0.05) is 28.9 Å². The predicted molar refractivity (Wildman–Crippen MR) is 128 cm³/mol. The van der Waals surface area contributed by atoms with Crippen molar-refractivity contribution in [2.45, 2.75) is 38.6 Å². The third kappa shape index (κ3) is 4.50. The second-order valence-electron chi connectivity index (χ2n) is 8.79. The lowest BCUT2D eigenvalue weighted by Crippen LogP contribution is -2.28. The van der Waals surface area contributed by atoms with Gasteiger partial charge in [0.2, 0.25) is 0 Å². The minimum Gasteiger partial charge on any atom is -0.462 e. The molecule has 1 aromatic carbocycles. The number of fused-ring (bicyclic) bond motifs is 1. The number of ether oxygens (including phenoxy) is 1. The lowest BCUT2D eigenvalue weighted by Gasteiger charge is -2.25. The number of nitrogens with two attached hydrogens (primary N) is 1. The van der Waals surface area contributed by atoms with Crippen molar-refractivity contribution in [3.63, 3.8) is 0 Å². The fraction of sp³-hybridized carbons (Fsp3) is 0.308. The summed E-state index contributed by atoms with van der Waals surface area (Å²) in [6.45, 7) is 2.39. The first-order valence-electron chi connectivity index (χ1n) is 11.4. The first-order chi connectivity index (χ1) is 16.1. The lowest BCUT2D eigenvalue weighted by molar-refractivity contribution is 0.0408. The van der Waals surface area contributed by atoms with Gasteiger partial charge < -0.3 is 10.5 Å². The molecule has 33 heavy (non-hydrogen) atoms. The van der Waals surface area contributed by atoms with Crippen molar-refractivity contribution < 1.29 is 9.53 Å². The number of aromatic nitrogens is 4. The Labute approximate surface area is 192 Å². The maximum atomic E-state index is 13.0. The molecule has 0 amide bonds. The van der Waals surface area contributed by atoms with Crippen LogP contribution in [0.3, 0.4) is 0 Å². The second-order valence-corrected chi connectivity index (χ2v) is 8.79. The van der Waals surface area contributed by atoms with Crippen LogP contribution in [0.4, 0.5) is 0 Å². The van der Waals surface area contributed by atoms with Gasteiger partial charge in [-0.15, -0.1) is 0 Å². The van der Waals surface area contributed by atoms with Gasteiger partial charge in [0.05, 0.1) is 35.3 Å². The highest BCUT2D eigenvalue weighted by molar-refractivity contribution is 6.04. The minimum absolute atomic E-state index is 0.280. The molecule has 1 aliphatic carbocycles. The van der Waals surface area contributed by atoms with E-state index >= 15 is 0 Å². The average Bonchev–Trinajstić information content (AvgIpc) is 3.33. The van der Waals surface area contributed by atoms with E-state index in [1.165, 1.54) is 0 Å². The maximum absolute atomic E-state index is 13.0. The van der Waals surface area contributed by atoms with Crippen LogP contribution in [0.15, 0.2) is 54.9 Å². The molecule has 4 aromatic rings. The lowest BCUT2D eigenvalue weighted by atomic mass is 9.87. The molecular weight excluding hydrogens is 414 g/mol. The van der Waals surface area contributed by atoms with Crippen molar-refractivity contribution in [1.29, 1.82) is 0 Å². The van der Waals surface area contributed by atoms with Gasteiger partial charge in [0.15, 0.2) is 0 Å². The van der Waals surface area contributed by atoms with Gasteiger partial charge in [0.1, 0.15) is 0 Å². The number of aryl methyl sites for hydroxylation is 1. The zero-order chi connectivity index (χ0) is 22.8. The Bertz CT molecular complexity index is 1290. The molecule has 1 fully saturated rings. The van der Waals surface area contributed by atoms with Crippen molar-refractivity contribution in [3.8, 4) is 22.5 Å². The fourth-order valence-corrected chi connectivity index (χ4v) is 4.50. The Morgan fingerprint density at radius 3 is 2.82 bits per heavy atom. The number of pyridine rings is 2. The van der Waals surface area contributed by atoms with Gasteiger partial charge in [-0.25, -0.2) is 4.79 Å². The molecular formula is C26H27N5O2. The number of aromatic amines is 1. The molecule has 0 spiro atoms. The summed E-state index contributed by atoms with van der Waals surface area (Å²) in [5.41, 5.74) is 11.7. The molecule has 0 radical (unpaired) electrons. The average molecular weight is 442 g/mol. The third-order valence-electron chi connectivity index (χ3n) is 6.40. The number of nitrogens with zero attached hydrogens (tertiary/aromatic N) is 3. The molecule has 0 bridgehead atoms. The van der Waals surface area contributed by atoms with Gasteiger partial charge in [-0.1, -0.05) is 12.1 Å². The molecule has 7 nitrogen and oxygen atoms in total. The number of carbonyl (C=O) groups excluding carboxylic acids is 1.